The first-order valence-corrected chi connectivity index (χ1v) is 11.7. The van der Waals surface area contributed by atoms with E-state index >= 15 is 0 Å². The van der Waals surface area contributed by atoms with Crippen LogP contribution >= 0.6 is 0 Å². The van der Waals surface area contributed by atoms with Gasteiger partial charge in [0, 0.05) is 37.5 Å². The lowest BCUT2D eigenvalue weighted by Gasteiger charge is -2.14. The van der Waals surface area contributed by atoms with Crippen LogP contribution < -0.4 is 10.0 Å². The van der Waals surface area contributed by atoms with Crippen LogP contribution in [0.25, 0.3) is 0 Å². The minimum Gasteiger partial charge on any atom is -0.377 e. The van der Waals surface area contributed by atoms with Crippen LogP contribution in [0.2, 0.25) is 0 Å². The summed E-state index contributed by atoms with van der Waals surface area (Å²) in [7, 11) is -3.62. The van der Waals surface area contributed by atoms with Gasteiger partial charge in [-0.2, -0.15) is 5.10 Å². The Labute approximate surface area is 178 Å². The number of ether oxygens (including phenoxy) is 1. The van der Waals surface area contributed by atoms with Gasteiger partial charge in [0.1, 0.15) is 0 Å². The number of carbonyl (C=O) groups is 1. The Hall–Kier alpha value is -2.23. The van der Waals surface area contributed by atoms with Crippen molar-refractivity contribution in [3.05, 3.63) is 47.3 Å². The number of sulfonamides is 1. The van der Waals surface area contributed by atoms with Gasteiger partial charge in [0.05, 0.1) is 16.7 Å². The quantitative estimate of drug-likeness (QED) is 0.629. The van der Waals surface area contributed by atoms with Gasteiger partial charge in [-0.3, -0.25) is 9.48 Å². The Bertz CT molecular complexity index is 963. The molecule has 1 aliphatic heterocycles. The minimum atomic E-state index is -3.62. The Morgan fingerprint density at radius 2 is 2.03 bits per heavy atom. The highest BCUT2D eigenvalue weighted by molar-refractivity contribution is 7.89. The van der Waals surface area contributed by atoms with Gasteiger partial charge in [-0.1, -0.05) is 6.92 Å². The molecule has 2 atom stereocenters. The van der Waals surface area contributed by atoms with Crippen molar-refractivity contribution in [3.8, 4) is 0 Å². The van der Waals surface area contributed by atoms with E-state index in [4.69, 9.17) is 4.74 Å². The maximum Gasteiger partial charge on any atom is 0.251 e. The number of hydrogen-bond acceptors (Lipinski definition) is 5. The van der Waals surface area contributed by atoms with E-state index in [0.717, 1.165) is 24.2 Å². The van der Waals surface area contributed by atoms with E-state index in [0.29, 0.717) is 25.3 Å². The third-order valence-corrected chi connectivity index (χ3v) is 6.59. The molecule has 0 radical (unpaired) electrons. The first-order chi connectivity index (χ1) is 14.2. The molecule has 1 fully saturated rings. The second kappa shape index (κ2) is 9.72. The number of nitrogens with one attached hydrogen (secondary N) is 2. The highest BCUT2D eigenvalue weighted by Crippen LogP contribution is 2.14. The molecule has 9 heteroatoms. The third kappa shape index (κ3) is 5.90. The SMILES string of the molecule is Cc1cc(C)n(CC(C)CNC(=O)c2ccc(S(=O)(=O)NCC3CCCO3)cc2)n1. The molecular formula is C21H30N4O4S. The van der Waals surface area contributed by atoms with Crippen molar-refractivity contribution in [2.45, 2.75) is 51.2 Å². The minimum absolute atomic E-state index is 0.0683. The van der Waals surface area contributed by atoms with Crippen LogP contribution in [0, 0.1) is 19.8 Å². The van der Waals surface area contributed by atoms with E-state index < -0.39 is 10.0 Å². The summed E-state index contributed by atoms with van der Waals surface area (Å²) in [5.74, 6) is -0.0277. The van der Waals surface area contributed by atoms with Crippen LogP contribution in [0.1, 0.15) is 41.5 Å². The van der Waals surface area contributed by atoms with Gasteiger partial charge in [0.25, 0.3) is 5.91 Å². The normalized spacial score (nSPS) is 17.8. The van der Waals surface area contributed by atoms with Crippen molar-refractivity contribution in [2.75, 3.05) is 19.7 Å². The van der Waals surface area contributed by atoms with Crippen LogP contribution in [0.15, 0.2) is 35.2 Å². The number of aryl methyl sites for hydroxylation is 2. The average molecular weight is 435 g/mol. The predicted octanol–water partition coefficient (Wildman–Crippen LogP) is 2.02. The summed E-state index contributed by atoms with van der Waals surface area (Å²) in [4.78, 5) is 12.6. The van der Waals surface area contributed by atoms with Crippen LogP contribution in [-0.4, -0.2) is 49.9 Å². The number of amides is 1. The van der Waals surface area contributed by atoms with Gasteiger partial charge in [-0.15, -0.1) is 0 Å². The zero-order valence-electron chi connectivity index (χ0n) is 17.7. The zero-order valence-corrected chi connectivity index (χ0v) is 18.5. The summed E-state index contributed by atoms with van der Waals surface area (Å²) in [6.07, 6.45) is 1.75. The van der Waals surface area contributed by atoms with Crippen molar-refractivity contribution in [1.29, 1.82) is 0 Å². The standard InChI is InChI=1S/C21H30N4O4S/c1-15(14-25-17(3)11-16(2)24-25)12-22-21(26)18-6-8-20(9-7-18)30(27,28)23-13-19-5-4-10-29-19/h6-9,11,15,19,23H,4-5,10,12-14H2,1-3H3,(H,22,26). The molecule has 1 saturated heterocycles. The summed E-state index contributed by atoms with van der Waals surface area (Å²) >= 11 is 0. The molecule has 1 aliphatic rings. The third-order valence-electron chi connectivity index (χ3n) is 5.15. The fraction of sp³-hybridized carbons (Fsp3) is 0.524. The second-order valence-corrected chi connectivity index (χ2v) is 9.70. The molecule has 8 nitrogen and oxygen atoms in total. The molecular weight excluding hydrogens is 404 g/mol. The highest BCUT2D eigenvalue weighted by Gasteiger charge is 2.20. The summed E-state index contributed by atoms with van der Waals surface area (Å²) in [5, 5.41) is 7.35. The Kier molecular flexibility index (Phi) is 7.27. The smallest absolute Gasteiger partial charge is 0.251 e. The fourth-order valence-electron chi connectivity index (χ4n) is 3.47. The molecule has 30 heavy (non-hydrogen) atoms. The Morgan fingerprint density at radius 1 is 1.30 bits per heavy atom. The van der Waals surface area contributed by atoms with Crippen molar-refractivity contribution in [1.82, 2.24) is 19.8 Å². The lowest BCUT2D eigenvalue weighted by Crippen LogP contribution is -2.32. The van der Waals surface area contributed by atoms with Crippen LogP contribution in [-0.2, 0) is 21.3 Å². The van der Waals surface area contributed by atoms with E-state index in [9.17, 15) is 13.2 Å². The van der Waals surface area contributed by atoms with E-state index in [1.807, 2.05) is 31.5 Å². The molecule has 0 saturated carbocycles. The van der Waals surface area contributed by atoms with Crippen LogP contribution in [0.5, 0.6) is 0 Å². The number of aromatic nitrogens is 2. The van der Waals surface area contributed by atoms with Gasteiger partial charge >= 0.3 is 0 Å². The van der Waals surface area contributed by atoms with Crippen molar-refractivity contribution in [3.63, 3.8) is 0 Å². The largest absolute Gasteiger partial charge is 0.377 e. The number of carbonyl (C=O) groups excluding carboxylic acids is 1. The molecule has 0 bridgehead atoms. The van der Waals surface area contributed by atoms with Crippen molar-refractivity contribution >= 4 is 15.9 Å². The zero-order chi connectivity index (χ0) is 21.7. The fourth-order valence-corrected chi connectivity index (χ4v) is 4.53. The summed E-state index contributed by atoms with van der Waals surface area (Å²) < 4.78 is 34.8. The highest BCUT2D eigenvalue weighted by atomic mass is 32.2. The molecule has 1 aromatic heterocycles. The first-order valence-electron chi connectivity index (χ1n) is 10.2. The number of hydrogen-bond donors (Lipinski definition) is 2. The molecule has 2 heterocycles. The van der Waals surface area contributed by atoms with E-state index in [2.05, 4.69) is 15.1 Å². The lowest BCUT2D eigenvalue weighted by molar-refractivity contribution is 0.0946. The summed E-state index contributed by atoms with van der Waals surface area (Å²) in [5.41, 5.74) is 2.49. The molecule has 3 rings (SSSR count). The van der Waals surface area contributed by atoms with Crippen molar-refractivity contribution in [2.24, 2.45) is 5.92 Å². The summed E-state index contributed by atoms with van der Waals surface area (Å²) in [6, 6.07) is 7.98. The van der Waals surface area contributed by atoms with Gasteiger partial charge in [-0.05, 0) is 62.9 Å². The van der Waals surface area contributed by atoms with Gasteiger partial charge < -0.3 is 10.1 Å². The molecule has 2 N–H and O–H groups in total. The molecule has 0 spiro atoms. The summed E-state index contributed by atoms with van der Waals surface area (Å²) in [6.45, 7) is 8.17. The number of rotatable bonds is 9. The maximum absolute atomic E-state index is 12.4. The monoisotopic (exact) mass is 434 g/mol. The first kappa shape index (κ1) is 22.5. The molecule has 1 aromatic carbocycles. The molecule has 2 aromatic rings. The van der Waals surface area contributed by atoms with Crippen LogP contribution in [0.4, 0.5) is 0 Å². The van der Waals surface area contributed by atoms with E-state index in [1.165, 1.54) is 24.3 Å². The van der Waals surface area contributed by atoms with Gasteiger partial charge in [0.2, 0.25) is 10.0 Å². The molecule has 1 amide bonds. The van der Waals surface area contributed by atoms with E-state index in [-0.39, 0.29) is 29.4 Å². The Morgan fingerprint density at radius 3 is 2.63 bits per heavy atom. The van der Waals surface area contributed by atoms with Gasteiger partial charge in [-0.25, -0.2) is 13.1 Å². The number of nitrogens with zero attached hydrogens (tertiary/aromatic N) is 2. The second-order valence-electron chi connectivity index (χ2n) is 7.94. The molecule has 2 unspecified atom stereocenters. The predicted molar refractivity (Wildman–Crippen MR) is 114 cm³/mol. The topological polar surface area (TPSA) is 102 Å². The lowest BCUT2D eigenvalue weighted by atomic mass is 10.1. The number of benzene rings is 1. The van der Waals surface area contributed by atoms with Gasteiger partial charge in [0.15, 0.2) is 0 Å². The molecule has 164 valence electrons. The van der Waals surface area contributed by atoms with Crippen molar-refractivity contribution < 1.29 is 17.9 Å². The average Bonchev–Trinajstić information content (AvgIpc) is 3.34. The van der Waals surface area contributed by atoms with Crippen LogP contribution in [0.3, 0.4) is 0 Å². The maximum atomic E-state index is 12.4. The van der Waals surface area contributed by atoms with E-state index in [1.54, 1.807) is 0 Å². The molecule has 0 aliphatic carbocycles. The Balaban J connectivity index is 1.50.